The summed E-state index contributed by atoms with van der Waals surface area (Å²) in [6.45, 7) is 2.86. The van der Waals surface area contributed by atoms with Gasteiger partial charge in [-0.05, 0) is 19.3 Å². The molecule has 2 amide bonds. The predicted molar refractivity (Wildman–Crippen MR) is 66.6 cm³/mol. The van der Waals surface area contributed by atoms with Gasteiger partial charge in [0.05, 0.1) is 6.61 Å². The van der Waals surface area contributed by atoms with Crippen LogP contribution in [0.3, 0.4) is 0 Å². The number of aliphatic carboxylic acids is 1. The van der Waals surface area contributed by atoms with Gasteiger partial charge in [0.1, 0.15) is 6.54 Å². The van der Waals surface area contributed by atoms with Crippen LogP contribution in [0.25, 0.3) is 0 Å². The highest BCUT2D eigenvalue weighted by atomic mass is 16.5. The number of esters is 1. The van der Waals surface area contributed by atoms with E-state index in [-0.39, 0.29) is 31.5 Å². The van der Waals surface area contributed by atoms with Crippen LogP contribution in [-0.4, -0.2) is 66.2 Å². The third-order valence-corrected chi connectivity index (χ3v) is 3.02. The minimum atomic E-state index is -0.848. The molecule has 7 heteroatoms. The second-order valence-corrected chi connectivity index (χ2v) is 4.64. The lowest BCUT2D eigenvalue weighted by Gasteiger charge is -2.23. The number of nitrogens with zero attached hydrogens (tertiary/aromatic N) is 2. The summed E-state index contributed by atoms with van der Waals surface area (Å²) in [6, 6.07) is -0.263. The van der Waals surface area contributed by atoms with E-state index in [4.69, 9.17) is 9.84 Å². The van der Waals surface area contributed by atoms with Crippen molar-refractivity contribution in [2.45, 2.75) is 19.8 Å². The Kier molecular flexibility index (Phi) is 5.59. The molecule has 19 heavy (non-hydrogen) atoms. The van der Waals surface area contributed by atoms with Crippen molar-refractivity contribution >= 4 is 18.0 Å². The van der Waals surface area contributed by atoms with Crippen LogP contribution < -0.4 is 0 Å². The van der Waals surface area contributed by atoms with E-state index < -0.39 is 11.9 Å². The SMILES string of the molecule is CCOC(=O)CN(C)C(=O)N1CCC(CC(=O)O)C1. The molecule has 1 aliphatic heterocycles. The van der Waals surface area contributed by atoms with Crippen molar-refractivity contribution in [3.05, 3.63) is 0 Å². The van der Waals surface area contributed by atoms with Crippen LogP contribution in [0.1, 0.15) is 19.8 Å². The van der Waals surface area contributed by atoms with Crippen molar-refractivity contribution in [1.82, 2.24) is 9.80 Å². The number of urea groups is 1. The fourth-order valence-corrected chi connectivity index (χ4v) is 2.13. The Bertz CT molecular complexity index is 358. The van der Waals surface area contributed by atoms with Gasteiger partial charge in [0.15, 0.2) is 0 Å². The number of likely N-dealkylation sites (N-methyl/N-ethyl adjacent to an activating group) is 1. The molecular formula is C12H20N2O5. The Morgan fingerprint density at radius 1 is 1.42 bits per heavy atom. The minimum Gasteiger partial charge on any atom is -0.481 e. The smallest absolute Gasteiger partial charge is 0.325 e. The fourth-order valence-electron chi connectivity index (χ4n) is 2.13. The van der Waals surface area contributed by atoms with Crippen LogP contribution in [0.2, 0.25) is 0 Å². The second kappa shape index (κ2) is 6.96. The molecule has 0 saturated carbocycles. The summed E-state index contributed by atoms with van der Waals surface area (Å²) in [5.74, 6) is -1.30. The lowest BCUT2D eigenvalue weighted by atomic mass is 10.1. The van der Waals surface area contributed by atoms with Crippen molar-refractivity contribution in [2.24, 2.45) is 5.92 Å². The van der Waals surface area contributed by atoms with E-state index in [0.717, 1.165) is 0 Å². The summed E-state index contributed by atoms with van der Waals surface area (Å²) in [5, 5.41) is 8.71. The molecule has 1 saturated heterocycles. The molecule has 1 rings (SSSR count). The van der Waals surface area contributed by atoms with Crippen molar-refractivity contribution in [2.75, 3.05) is 33.3 Å². The zero-order valence-electron chi connectivity index (χ0n) is 11.3. The number of hydrogen-bond donors (Lipinski definition) is 1. The molecule has 108 valence electrons. The summed E-state index contributed by atoms with van der Waals surface area (Å²) in [7, 11) is 1.53. The van der Waals surface area contributed by atoms with Gasteiger partial charge in [-0.1, -0.05) is 0 Å². The highest BCUT2D eigenvalue weighted by Crippen LogP contribution is 2.20. The van der Waals surface area contributed by atoms with Crippen molar-refractivity contribution in [3.8, 4) is 0 Å². The third-order valence-electron chi connectivity index (χ3n) is 3.02. The average Bonchev–Trinajstić information content (AvgIpc) is 2.75. The molecule has 0 aromatic carbocycles. The number of carboxylic acids is 1. The molecule has 0 aromatic rings. The predicted octanol–water partition coefficient (Wildman–Crippen LogP) is 0.398. The van der Waals surface area contributed by atoms with Gasteiger partial charge >= 0.3 is 18.0 Å². The summed E-state index contributed by atoms with van der Waals surface area (Å²) in [6.07, 6.45) is 0.761. The number of ether oxygens (including phenoxy) is 1. The molecule has 1 heterocycles. The van der Waals surface area contributed by atoms with Crippen LogP contribution in [0, 0.1) is 5.92 Å². The quantitative estimate of drug-likeness (QED) is 0.732. The minimum absolute atomic E-state index is 0.00237. The first-order valence-corrected chi connectivity index (χ1v) is 6.31. The standard InChI is InChI=1S/C12H20N2O5/c1-3-19-11(17)8-13(2)12(18)14-5-4-9(7-14)6-10(15)16/h9H,3-8H2,1-2H3,(H,15,16). The summed E-state index contributed by atoms with van der Waals surface area (Å²) >= 11 is 0. The number of carboxylic acid groups (broad SMARTS) is 1. The van der Waals surface area contributed by atoms with E-state index in [1.807, 2.05) is 0 Å². The van der Waals surface area contributed by atoms with Crippen molar-refractivity contribution in [1.29, 1.82) is 0 Å². The number of likely N-dealkylation sites (tertiary alicyclic amines) is 1. The van der Waals surface area contributed by atoms with Gasteiger partial charge in [-0.2, -0.15) is 0 Å². The Labute approximate surface area is 112 Å². The topological polar surface area (TPSA) is 87.2 Å². The van der Waals surface area contributed by atoms with Gasteiger partial charge < -0.3 is 19.6 Å². The summed E-state index contributed by atoms with van der Waals surface area (Å²) in [4.78, 5) is 36.8. The highest BCUT2D eigenvalue weighted by Gasteiger charge is 2.29. The van der Waals surface area contributed by atoms with Crippen LogP contribution in [0.4, 0.5) is 4.79 Å². The molecule has 0 aliphatic carbocycles. The first kappa shape index (κ1) is 15.3. The number of rotatable bonds is 5. The lowest BCUT2D eigenvalue weighted by Crippen LogP contribution is -2.42. The van der Waals surface area contributed by atoms with Crippen LogP contribution in [0.15, 0.2) is 0 Å². The zero-order chi connectivity index (χ0) is 14.4. The Morgan fingerprint density at radius 2 is 2.11 bits per heavy atom. The van der Waals surface area contributed by atoms with Gasteiger partial charge in [-0.15, -0.1) is 0 Å². The first-order chi connectivity index (χ1) is 8.93. The summed E-state index contributed by atoms with van der Waals surface area (Å²) < 4.78 is 4.77. The lowest BCUT2D eigenvalue weighted by molar-refractivity contribution is -0.143. The maximum Gasteiger partial charge on any atom is 0.325 e. The maximum absolute atomic E-state index is 12.0. The van der Waals surface area contributed by atoms with E-state index >= 15 is 0 Å². The Morgan fingerprint density at radius 3 is 2.68 bits per heavy atom. The molecule has 1 aliphatic rings. The first-order valence-electron chi connectivity index (χ1n) is 6.31. The van der Waals surface area contributed by atoms with E-state index in [1.165, 1.54) is 11.9 Å². The summed E-state index contributed by atoms with van der Waals surface area (Å²) in [5.41, 5.74) is 0. The van der Waals surface area contributed by atoms with Crippen LogP contribution in [0.5, 0.6) is 0 Å². The van der Waals surface area contributed by atoms with E-state index in [2.05, 4.69) is 0 Å². The molecule has 1 N–H and O–H groups in total. The number of hydrogen-bond acceptors (Lipinski definition) is 4. The second-order valence-electron chi connectivity index (χ2n) is 4.64. The molecule has 0 aromatic heterocycles. The number of amides is 2. The van der Waals surface area contributed by atoms with Gasteiger partial charge in [0, 0.05) is 26.6 Å². The molecule has 0 spiro atoms. The monoisotopic (exact) mass is 272 g/mol. The zero-order valence-corrected chi connectivity index (χ0v) is 11.3. The molecule has 7 nitrogen and oxygen atoms in total. The Hall–Kier alpha value is -1.79. The largest absolute Gasteiger partial charge is 0.481 e. The normalized spacial score (nSPS) is 18.2. The van der Waals surface area contributed by atoms with Crippen molar-refractivity contribution < 1.29 is 24.2 Å². The van der Waals surface area contributed by atoms with Gasteiger partial charge in [-0.3, -0.25) is 9.59 Å². The highest BCUT2D eigenvalue weighted by molar-refractivity contribution is 5.81. The number of carbonyl (C=O) groups excluding carboxylic acids is 2. The van der Waals surface area contributed by atoms with Gasteiger partial charge in [-0.25, -0.2) is 4.79 Å². The van der Waals surface area contributed by atoms with Crippen LogP contribution >= 0.6 is 0 Å². The average molecular weight is 272 g/mol. The number of carbonyl (C=O) groups is 3. The molecule has 0 bridgehead atoms. The van der Waals surface area contributed by atoms with Crippen LogP contribution in [-0.2, 0) is 14.3 Å². The fraction of sp³-hybridized carbons (Fsp3) is 0.750. The van der Waals surface area contributed by atoms with E-state index in [1.54, 1.807) is 11.8 Å². The van der Waals surface area contributed by atoms with Gasteiger partial charge in [0.25, 0.3) is 0 Å². The molecule has 1 unspecified atom stereocenters. The van der Waals surface area contributed by atoms with E-state index in [0.29, 0.717) is 19.5 Å². The maximum atomic E-state index is 12.0. The third kappa shape index (κ3) is 4.76. The molecular weight excluding hydrogens is 252 g/mol. The Balaban J connectivity index is 2.41. The van der Waals surface area contributed by atoms with E-state index in [9.17, 15) is 14.4 Å². The molecule has 0 radical (unpaired) electrons. The molecule has 1 atom stereocenters. The van der Waals surface area contributed by atoms with Gasteiger partial charge in [0.2, 0.25) is 0 Å². The molecule has 1 fully saturated rings. The van der Waals surface area contributed by atoms with Crippen molar-refractivity contribution in [3.63, 3.8) is 0 Å².